The second-order valence-electron chi connectivity index (χ2n) is 6.88. The van der Waals surface area contributed by atoms with Crippen LogP contribution in [0.25, 0.3) is 0 Å². The molecule has 5 N–H and O–H groups in total. The Morgan fingerprint density at radius 3 is 2.85 bits per heavy atom. The van der Waals surface area contributed by atoms with Gasteiger partial charge in [-0.15, -0.1) is 0 Å². The van der Waals surface area contributed by atoms with Crippen molar-refractivity contribution < 1.29 is 14.3 Å². The second-order valence-corrected chi connectivity index (χ2v) is 6.88. The number of nitrogens with two attached hydrogens (primary N) is 1. The number of nitrogens with zero attached hydrogens (tertiary/aromatic N) is 1. The zero-order valence-electron chi connectivity index (χ0n) is 15.0. The normalized spacial score (nSPS) is 28.5. The summed E-state index contributed by atoms with van der Waals surface area (Å²) in [5.41, 5.74) is 13.1. The number of rotatable bonds is 7. The van der Waals surface area contributed by atoms with E-state index in [1.807, 2.05) is 30.3 Å². The molecule has 2 heterocycles. The average molecular weight is 361 g/mol. The van der Waals surface area contributed by atoms with Crippen LogP contribution in [-0.4, -0.2) is 62.3 Å². The molecule has 2 saturated heterocycles. The summed E-state index contributed by atoms with van der Waals surface area (Å²) in [5.74, 6) is -0.0191. The third kappa shape index (κ3) is 4.21. The molecule has 8 nitrogen and oxygen atoms in total. The molecule has 2 aliphatic rings. The van der Waals surface area contributed by atoms with Crippen LogP contribution in [0.3, 0.4) is 0 Å². The number of hydrogen-bond donors (Lipinski definition) is 4. The lowest BCUT2D eigenvalue weighted by Gasteiger charge is -2.21. The fraction of sp³-hybridized carbons (Fsp3) is 0.556. The largest absolute Gasteiger partial charge is 0.383 e. The Hall–Kier alpha value is -2.00. The number of ether oxygens (including phenoxy) is 1. The molecule has 2 aliphatic heterocycles. The number of amides is 2. The molecule has 3 rings (SSSR count). The molecule has 0 spiro atoms. The first kappa shape index (κ1) is 18.8. The van der Waals surface area contributed by atoms with E-state index < -0.39 is 6.04 Å². The summed E-state index contributed by atoms with van der Waals surface area (Å²) in [6.07, 6.45) is 0.118. The van der Waals surface area contributed by atoms with Crippen molar-refractivity contribution in [3.63, 3.8) is 0 Å². The average Bonchev–Trinajstić information content (AvgIpc) is 3.21. The van der Waals surface area contributed by atoms with Crippen molar-refractivity contribution in [2.75, 3.05) is 33.4 Å². The Morgan fingerprint density at radius 2 is 2.12 bits per heavy atom. The summed E-state index contributed by atoms with van der Waals surface area (Å²) in [6.45, 7) is 2.25. The van der Waals surface area contributed by atoms with Crippen LogP contribution in [0.1, 0.15) is 17.9 Å². The van der Waals surface area contributed by atoms with E-state index in [1.54, 1.807) is 12.0 Å². The van der Waals surface area contributed by atoms with E-state index in [4.69, 9.17) is 10.5 Å². The molecule has 2 amide bonds. The van der Waals surface area contributed by atoms with Gasteiger partial charge < -0.3 is 20.7 Å². The number of nitrogens with one attached hydrogen (secondary N) is 3. The van der Waals surface area contributed by atoms with Gasteiger partial charge in [-0.3, -0.25) is 9.59 Å². The minimum absolute atomic E-state index is 0.109. The number of likely N-dealkylation sites (tertiary alicyclic amines) is 1. The highest BCUT2D eigenvalue weighted by Crippen LogP contribution is 2.25. The molecule has 142 valence electrons. The predicted octanol–water partition coefficient (Wildman–Crippen LogP) is -0.857. The van der Waals surface area contributed by atoms with Gasteiger partial charge in [0.1, 0.15) is 6.04 Å². The molecule has 4 unspecified atom stereocenters. The van der Waals surface area contributed by atoms with E-state index in [0.717, 1.165) is 5.56 Å². The van der Waals surface area contributed by atoms with Crippen LogP contribution in [0.15, 0.2) is 30.3 Å². The smallest absolute Gasteiger partial charge is 0.239 e. The van der Waals surface area contributed by atoms with Crippen molar-refractivity contribution in [1.29, 1.82) is 0 Å². The first-order valence-corrected chi connectivity index (χ1v) is 8.96. The van der Waals surface area contributed by atoms with Crippen molar-refractivity contribution >= 4 is 11.8 Å². The van der Waals surface area contributed by atoms with Gasteiger partial charge in [-0.2, -0.15) is 0 Å². The molecule has 26 heavy (non-hydrogen) atoms. The molecule has 0 saturated carbocycles. The van der Waals surface area contributed by atoms with Crippen molar-refractivity contribution in [2.45, 2.75) is 24.5 Å². The minimum Gasteiger partial charge on any atom is -0.383 e. The Kier molecular flexibility index (Phi) is 6.20. The first-order valence-electron chi connectivity index (χ1n) is 8.96. The molecule has 0 aromatic heterocycles. The molecule has 1 aromatic carbocycles. The summed E-state index contributed by atoms with van der Waals surface area (Å²) in [6, 6.07) is 9.31. The second kappa shape index (κ2) is 8.59. The van der Waals surface area contributed by atoms with E-state index in [1.165, 1.54) is 0 Å². The SMILES string of the molecule is COCCN1CC(CNC(=O)C2NNC(N)C2c2ccccc2)CC1=O. The van der Waals surface area contributed by atoms with Crippen LogP contribution in [0, 0.1) is 5.92 Å². The van der Waals surface area contributed by atoms with E-state index in [9.17, 15) is 9.59 Å². The lowest BCUT2D eigenvalue weighted by Crippen LogP contribution is -2.46. The van der Waals surface area contributed by atoms with E-state index >= 15 is 0 Å². The lowest BCUT2D eigenvalue weighted by molar-refractivity contribution is -0.128. The number of methoxy groups -OCH3 is 1. The van der Waals surface area contributed by atoms with Gasteiger partial charge in [-0.25, -0.2) is 10.9 Å². The fourth-order valence-electron chi connectivity index (χ4n) is 3.64. The highest BCUT2D eigenvalue weighted by molar-refractivity contribution is 5.84. The van der Waals surface area contributed by atoms with Gasteiger partial charge in [0.25, 0.3) is 0 Å². The Labute approximate surface area is 153 Å². The standard InChI is InChI=1S/C18H27N5O3/c1-26-8-7-23-11-12(9-14(23)24)10-20-18(25)16-15(17(19)22-21-16)13-5-3-2-4-6-13/h2-6,12,15-17,21-22H,7-11,19H2,1H3,(H,20,25). The lowest BCUT2D eigenvalue weighted by atomic mass is 9.90. The quantitative estimate of drug-likeness (QED) is 0.503. The minimum atomic E-state index is -0.450. The Morgan fingerprint density at radius 1 is 1.35 bits per heavy atom. The molecule has 0 aliphatic carbocycles. The molecule has 0 radical (unpaired) electrons. The van der Waals surface area contributed by atoms with Gasteiger partial charge in [0, 0.05) is 45.0 Å². The molecular formula is C18H27N5O3. The Bertz CT molecular complexity index is 627. The zero-order chi connectivity index (χ0) is 18.5. The number of hydrogen-bond acceptors (Lipinski definition) is 6. The highest BCUT2D eigenvalue weighted by atomic mass is 16.5. The topological polar surface area (TPSA) is 109 Å². The van der Waals surface area contributed by atoms with Crippen molar-refractivity contribution in [3.05, 3.63) is 35.9 Å². The fourth-order valence-corrected chi connectivity index (χ4v) is 3.64. The molecule has 0 bridgehead atoms. The maximum absolute atomic E-state index is 12.7. The monoisotopic (exact) mass is 361 g/mol. The number of carbonyl (C=O) groups excluding carboxylic acids is 2. The Balaban J connectivity index is 1.54. The maximum atomic E-state index is 12.7. The molecule has 2 fully saturated rings. The van der Waals surface area contributed by atoms with E-state index in [0.29, 0.717) is 32.7 Å². The third-order valence-corrected chi connectivity index (χ3v) is 5.04. The van der Waals surface area contributed by atoms with E-state index in [2.05, 4.69) is 16.2 Å². The van der Waals surface area contributed by atoms with Gasteiger partial charge in [0.15, 0.2) is 0 Å². The number of carbonyl (C=O) groups is 2. The van der Waals surface area contributed by atoms with Gasteiger partial charge in [0.05, 0.1) is 12.8 Å². The van der Waals surface area contributed by atoms with Crippen LogP contribution in [-0.2, 0) is 14.3 Å². The summed E-state index contributed by atoms with van der Waals surface area (Å²) >= 11 is 0. The molecule has 4 atom stereocenters. The van der Waals surface area contributed by atoms with Gasteiger partial charge in [-0.1, -0.05) is 30.3 Å². The summed E-state index contributed by atoms with van der Waals surface area (Å²) in [7, 11) is 1.62. The summed E-state index contributed by atoms with van der Waals surface area (Å²) in [4.78, 5) is 26.5. The maximum Gasteiger partial charge on any atom is 0.239 e. The first-order chi connectivity index (χ1) is 12.6. The van der Waals surface area contributed by atoms with Gasteiger partial charge in [0.2, 0.25) is 11.8 Å². The summed E-state index contributed by atoms with van der Waals surface area (Å²) < 4.78 is 5.03. The van der Waals surface area contributed by atoms with Crippen LogP contribution in [0.2, 0.25) is 0 Å². The molecule has 1 aromatic rings. The molecular weight excluding hydrogens is 334 g/mol. The highest BCUT2D eigenvalue weighted by Gasteiger charge is 2.39. The zero-order valence-corrected chi connectivity index (χ0v) is 15.0. The summed E-state index contributed by atoms with van der Waals surface area (Å²) in [5, 5.41) is 2.98. The third-order valence-electron chi connectivity index (χ3n) is 5.04. The van der Waals surface area contributed by atoms with E-state index in [-0.39, 0.29) is 29.8 Å². The number of hydrazine groups is 1. The molecule has 8 heteroatoms. The van der Waals surface area contributed by atoms with Gasteiger partial charge in [-0.05, 0) is 5.56 Å². The van der Waals surface area contributed by atoms with Crippen molar-refractivity contribution in [1.82, 2.24) is 21.1 Å². The number of benzene rings is 1. The van der Waals surface area contributed by atoms with Crippen LogP contribution < -0.4 is 21.9 Å². The van der Waals surface area contributed by atoms with Crippen LogP contribution in [0.5, 0.6) is 0 Å². The van der Waals surface area contributed by atoms with Gasteiger partial charge >= 0.3 is 0 Å². The van der Waals surface area contributed by atoms with Crippen molar-refractivity contribution in [2.24, 2.45) is 11.7 Å². The predicted molar refractivity (Wildman–Crippen MR) is 96.8 cm³/mol. The van der Waals surface area contributed by atoms with Crippen LogP contribution >= 0.6 is 0 Å². The van der Waals surface area contributed by atoms with Crippen LogP contribution in [0.4, 0.5) is 0 Å². The van der Waals surface area contributed by atoms with Crippen molar-refractivity contribution in [3.8, 4) is 0 Å².